The number of allylic oxidation sites excluding steroid dienone is 4. The first kappa shape index (κ1) is 27.7. The van der Waals surface area contributed by atoms with E-state index < -0.39 is 26.0 Å². The normalized spacial score (nSPS) is 34.5. The number of halogens is 7. The van der Waals surface area contributed by atoms with Crippen LogP contribution in [-0.4, -0.2) is 41.6 Å². The van der Waals surface area contributed by atoms with Gasteiger partial charge < -0.3 is 10.2 Å². The number of hydrogen-bond acceptors (Lipinski definition) is 2. The van der Waals surface area contributed by atoms with Crippen LogP contribution in [0, 0.1) is 11.8 Å². The lowest BCUT2D eigenvalue weighted by atomic mass is 9.84. The van der Waals surface area contributed by atoms with Gasteiger partial charge in [0.25, 0.3) is 0 Å². The van der Waals surface area contributed by atoms with Crippen LogP contribution in [0.4, 0.5) is 0 Å². The second kappa shape index (κ2) is 10.8. The number of carboxylic acid groups (broad SMARTS) is 2. The van der Waals surface area contributed by atoms with Crippen molar-refractivity contribution in [2.24, 2.45) is 11.8 Å². The van der Waals surface area contributed by atoms with Crippen LogP contribution in [0.15, 0.2) is 22.2 Å². The average Bonchev–Trinajstić information content (AvgIpc) is 3.17. The maximum absolute atomic E-state index is 10.1. The Morgan fingerprint density at radius 2 is 1.19 bits per heavy atom. The minimum Gasteiger partial charge on any atom is -0.481 e. The van der Waals surface area contributed by atoms with E-state index in [1.807, 2.05) is 12.2 Å². The Kier molecular flexibility index (Phi) is 9.65. The van der Waals surface area contributed by atoms with E-state index in [-0.39, 0.29) is 40.1 Å². The third-order valence-electron chi connectivity index (χ3n) is 5.93. The summed E-state index contributed by atoms with van der Waals surface area (Å²) >= 11 is 44.5. The predicted octanol–water partition coefficient (Wildman–Crippen LogP) is 7.52. The summed E-state index contributed by atoms with van der Waals surface area (Å²) in [5.41, 5.74) is 0. The number of aliphatic carboxylic acids is 2. The van der Waals surface area contributed by atoms with Gasteiger partial charge in [-0.2, -0.15) is 0 Å². The Hall–Kier alpha value is 0.450. The van der Waals surface area contributed by atoms with E-state index >= 15 is 0 Å². The zero-order valence-corrected chi connectivity index (χ0v) is 21.7. The smallest absolute Gasteiger partial charge is 0.303 e. The third kappa shape index (κ3) is 4.97. The highest BCUT2D eigenvalue weighted by atomic mass is 35.5. The van der Waals surface area contributed by atoms with Crippen molar-refractivity contribution in [3.8, 4) is 0 Å². The molecule has 0 radical (unpaired) electrons. The summed E-state index contributed by atoms with van der Waals surface area (Å²) in [6.45, 7) is 0. The highest BCUT2D eigenvalue weighted by Crippen LogP contribution is 2.78. The maximum Gasteiger partial charge on any atom is 0.303 e. The van der Waals surface area contributed by atoms with Gasteiger partial charge in [0.2, 0.25) is 0 Å². The van der Waals surface area contributed by atoms with Crippen LogP contribution in [0.1, 0.15) is 51.4 Å². The second-order valence-electron chi connectivity index (χ2n) is 7.92. The molecule has 0 amide bonds. The molecule has 5 atom stereocenters. The zero-order valence-electron chi connectivity index (χ0n) is 16.4. The molecule has 5 unspecified atom stereocenters. The Labute approximate surface area is 216 Å². The van der Waals surface area contributed by atoms with Crippen molar-refractivity contribution in [3.63, 3.8) is 0 Å². The molecule has 2 bridgehead atoms. The fraction of sp³-hybridized carbons (Fsp3) is 0.700. The largest absolute Gasteiger partial charge is 0.481 e. The lowest BCUT2D eigenvalue weighted by molar-refractivity contribution is -0.138. The number of hydrogen-bond donors (Lipinski definition) is 2. The molecule has 0 aromatic heterocycles. The molecule has 3 aliphatic carbocycles. The van der Waals surface area contributed by atoms with Crippen molar-refractivity contribution in [2.75, 3.05) is 0 Å². The second-order valence-corrected chi connectivity index (χ2v) is 11.7. The van der Waals surface area contributed by atoms with Crippen molar-refractivity contribution in [1.82, 2.24) is 0 Å². The first-order valence-corrected chi connectivity index (χ1v) is 12.6. The highest BCUT2D eigenvalue weighted by Gasteiger charge is 2.83. The summed E-state index contributed by atoms with van der Waals surface area (Å²) in [6, 6.07) is 0. The predicted molar refractivity (Wildman–Crippen MR) is 128 cm³/mol. The molecule has 4 nitrogen and oxygen atoms in total. The van der Waals surface area contributed by atoms with Gasteiger partial charge in [0, 0.05) is 24.7 Å². The van der Waals surface area contributed by atoms with E-state index in [0.29, 0.717) is 0 Å². The molecule has 2 N–H and O–H groups in total. The van der Waals surface area contributed by atoms with Crippen LogP contribution in [0.5, 0.6) is 0 Å². The van der Waals surface area contributed by atoms with Crippen LogP contribution >= 0.6 is 81.2 Å². The van der Waals surface area contributed by atoms with Crippen LogP contribution in [0.2, 0.25) is 0 Å². The van der Waals surface area contributed by atoms with E-state index in [1.165, 1.54) is 0 Å². The molecule has 0 aromatic carbocycles. The van der Waals surface area contributed by atoms with Gasteiger partial charge in [0.05, 0.1) is 15.4 Å². The van der Waals surface area contributed by atoms with Crippen LogP contribution in [-0.2, 0) is 9.59 Å². The van der Waals surface area contributed by atoms with E-state index in [1.54, 1.807) is 0 Å². The highest BCUT2D eigenvalue weighted by molar-refractivity contribution is 6.66. The number of unbranched alkanes of at least 4 members (excludes halogenated alkanes) is 5. The fourth-order valence-corrected chi connectivity index (χ4v) is 7.86. The van der Waals surface area contributed by atoms with Gasteiger partial charge in [-0.1, -0.05) is 84.2 Å². The van der Waals surface area contributed by atoms with Crippen molar-refractivity contribution in [3.05, 3.63) is 22.2 Å². The first-order valence-electron chi connectivity index (χ1n) is 9.91. The standard InChI is InChI=1S/C10H5Cl7.C10H18O4/c11-4-2-1-3-5(4)9(15)7(13)6(12)8(3,14)10(9,16)17;11-9(12)7-5-3-1-2-4-6-8-10(13)14/h1-5H;1-8H2,(H,11,12)(H,13,14). The Bertz CT molecular complexity index is 749. The molecular weight excluding hydrogens is 552 g/mol. The molecule has 1 saturated carbocycles. The van der Waals surface area contributed by atoms with Crippen LogP contribution in [0.25, 0.3) is 0 Å². The van der Waals surface area contributed by atoms with Gasteiger partial charge in [-0.3, -0.25) is 9.59 Å². The Balaban J connectivity index is 0.000000226. The third-order valence-corrected chi connectivity index (χ3v) is 10.6. The molecule has 0 spiro atoms. The molecule has 0 aliphatic heterocycles. The summed E-state index contributed by atoms with van der Waals surface area (Å²) in [5.74, 6) is -1.95. The molecule has 0 saturated heterocycles. The van der Waals surface area contributed by atoms with Crippen molar-refractivity contribution < 1.29 is 19.8 Å². The van der Waals surface area contributed by atoms with Crippen LogP contribution in [0.3, 0.4) is 0 Å². The summed E-state index contributed by atoms with van der Waals surface area (Å²) in [5, 5.41) is 16.8. The van der Waals surface area contributed by atoms with Crippen molar-refractivity contribution in [2.45, 2.75) is 70.8 Å². The lowest BCUT2D eigenvalue weighted by Crippen LogP contribution is -2.45. The average molecular weight is 576 g/mol. The maximum atomic E-state index is 10.1. The molecule has 1 fully saturated rings. The molecule has 3 aliphatic rings. The molecule has 176 valence electrons. The summed E-state index contributed by atoms with van der Waals surface area (Å²) in [7, 11) is 0. The van der Waals surface area contributed by atoms with Crippen LogP contribution < -0.4 is 0 Å². The van der Waals surface area contributed by atoms with E-state index in [0.717, 1.165) is 38.5 Å². The Morgan fingerprint density at radius 1 is 0.774 bits per heavy atom. The van der Waals surface area contributed by atoms with Gasteiger partial charge in [-0.25, -0.2) is 0 Å². The van der Waals surface area contributed by atoms with Gasteiger partial charge in [-0.05, 0) is 12.8 Å². The number of carboxylic acids is 2. The van der Waals surface area contributed by atoms with E-state index in [2.05, 4.69) is 0 Å². The molecule has 0 heterocycles. The number of alkyl halides is 5. The van der Waals surface area contributed by atoms with Gasteiger partial charge >= 0.3 is 11.9 Å². The summed E-state index contributed by atoms with van der Waals surface area (Å²) in [4.78, 5) is 17.8. The molecule has 11 heteroatoms. The Morgan fingerprint density at radius 3 is 1.65 bits per heavy atom. The quantitative estimate of drug-likeness (QED) is 0.169. The number of fused-ring (bicyclic) bond motifs is 5. The minimum atomic E-state index is -1.48. The van der Waals surface area contributed by atoms with Gasteiger partial charge in [0.15, 0.2) is 4.33 Å². The molecular formula is C20H23Cl7O4. The van der Waals surface area contributed by atoms with Gasteiger partial charge in [-0.15, -0.1) is 34.8 Å². The molecule has 3 rings (SSSR count). The minimum absolute atomic E-state index is 0.205. The number of rotatable bonds is 9. The summed E-state index contributed by atoms with van der Waals surface area (Å²) in [6.07, 6.45) is 9.52. The van der Waals surface area contributed by atoms with E-state index in [9.17, 15) is 9.59 Å². The fourth-order valence-electron chi connectivity index (χ4n) is 4.34. The zero-order chi connectivity index (χ0) is 23.6. The number of carbonyl (C=O) groups is 2. The van der Waals surface area contributed by atoms with E-state index in [4.69, 9.17) is 91.4 Å². The first-order chi connectivity index (χ1) is 14.3. The topological polar surface area (TPSA) is 74.6 Å². The molecule has 31 heavy (non-hydrogen) atoms. The van der Waals surface area contributed by atoms with Crippen molar-refractivity contribution >= 4 is 93.1 Å². The van der Waals surface area contributed by atoms with Crippen molar-refractivity contribution in [1.29, 1.82) is 0 Å². The SMILES string of the molecule is ClC1=C(Cl)C2(Cl)C3C(Cl)C=CC3C1(Cl)C2(Cl)Cl.O=C(O)CCCCCCCCC(=O)O. The summed E-state index contributed by atoms with van der Waals surface area (Å²) < 4.78 is -1.48. The molecule has 0 aromatic rings. The monoisotopic (exact) mass is 572 g/mol. The van der Waals surface area contributed by atoms with Gasteiger partial charge in [0.1, 0.15) is 9.75 Å². The lowest BCUT2D eigenvalue weighted by Gasteiger charge is -2.34.